The largest absolute Gasteiger partial charge is 0.456 e. The first kappa shape index (κ1) is 20.6. The number of urea groups is 1. The number of benzene rings is 1. The number of aromatic nitrogens is 1. The number of esters is 1. The smallest absolute Gasteiger partial charge is 0.321 e. The molecule has 0 spiro atoms. The standard InChI is InChI=1S/C21H23N3O4S/c1-3-22-21(27)24-18(25)12-28-19(26)9-7-14-15-11-13(2)6-8-16(15)23-20(14)17-5-4-10-29-17/h4-6,8,10-11,23H,3,7,9,12H2,1-2H3,(H2,22,24,25,27). The summed E-state index contributed by atoms with van der Waals surface area (Å²) < 4.78 is 5.01. The topological polar surface area (TPSA) is 100 Å². The molecule has 2 heterocycles. The molecule has 0 aliphatic heterocycles. The Labute approximate surface area is 172 Å². The number of H-pyrrole nitrogens is 1. The number of thiophene rings is 1. The van der Waals surface area contributed by atoms with Crippen LogP contribution in [0.5, 0.6) is 0 Å². The van der Waals surface area contributed by atoms with Crippen molar-refractivity contribution in [3.63, 3.8) is 0 Å². The van der Waals surface area contributed by atoms with E-state index >= 15 is 0 Å². The molecule has 3 rings (SSSR count). The molecule has 0 unspecified atom stereocenters. The fourth-order valence-corrected chi connectivity index (χ4v) is 3.82. The highest BCUT2D eigenvalue weighted by molar-refractivity contribution is 7.13. The third-order valence-electron chi connectivity index (χ3n) is 4.36. The molecule has 29 heavy (non-hydrogen) atoms. The average molecular weight is 413 g/mol. The highest BCUT2D eigenvalue weighted by Gasteiger charge is 2.17. The van der Waals surface area contributed by atoms with Crippen molar-refractivity contribution in [1.82, 2.24) is 15.6 Å². The normalized spacial score (nSPS) is 10.7. The van der Waals surface area contributed by atoms with Crippen LogP contribution in [0.3, 0.4) is 0 Å². The number of rotatable bonds is 7. The summed E-state index contributed by atoms with van der Waals surface area (Å²) in [6.45, 7) is 3.68. The van der Waals surface area contributed by atoms with Crippen molar-refractivity contribution in [3.8, 4) is 10.6 Å². The molecule has 3 amide bonds. The van der Waals surface area contributed by atoms with Gasteiger partial charge in [-0.2, -0.15) is 0 Å². The molecular formula is C21H23N3O4S. The van der Waals surface area contributed by atoms with Gasteiger partial charge in [0.05, 0.1) is 10.6 Å². The lowest BCUT2D eigenvalue weighted by Crippen LogP contribution is -2.41. The molecule has 0 aliphatic carbocycles. The van der Waals surface area contributed by atoms with Crippen molar-refractivity contribution in [2.24, 2.45) is 0 Å². The molecule has 0 radical (unpaired) electrons. The third-order valence-corrected chi connectivity index (χ3v) is 5.25. The maximum Gasteiger partial charge on any atom is 0.321 e. The van der Waals surface area contributed by atoms with Gasteiger partial charge in [-0.1, -0.05) is 17.7 Å². The van der Waals surface area contributed by atoms with Crippen LogP contribution in [0, 0.1) is 6.92 Å². The van der Waals surface area contributed by atoms with Gasteiger partial charge in [0.1, 0.15) is 0 Å². The van der Waals surface area contributed by atoms with Gasteiger partial charge in [-0.15, -0.1) is 11.3 Å². The van der Waals surface area contributed by atoms with Crippen molar-refractivity contribution in [3.05, 3.63) is 46.8 Å². The number of ether oxygens (including phenoxy) is 1. The molecule has 0 bridgehead atoms. The Morgan fingerprint density at radius 2 is 2.03 bits per heavy atom. The number of carbonyl (C=O) groups excluding carboxylic acids is 3. The second-order valence-electron chi connectivity index (χ2n) is 6.57. The van der Waals surface area contributed by atoms with Crippen LogP contribution in [-0.4, -0.2) is 36.0 Å². The fraction of sp³-hybridized carbons (Fsp3) is 0.286. The lowest BCUT2D eigenvalue weighted by Gasteiger charge is -2.07. The number of aromatic amines is 1. The number of nitrogens with one attached hydrogen (secondary N) is 3. The molecule has 0 aliphatic rings. The predicted molar refractivity (Wildman–Crippen MR) is 113 cm³/mol. The lowest BCUT2D eigenvalue weighted by atomic mass is 10.0. The zero-order valence-electron chi connectivity index (χ0n) is 16.3. The minimum atomic E-state index is -0.661. The number of aryl methyl sites for hydroxylation is 2. The molecular weight excluding hydrogens is 390 g/mol. The Bertz CT molecular complexity index is 1020. The molecule has 3 N–H and O–H groups in total. The van der Waals surface area contributed by atoms with Crippen LogP contribution in [0.1, 0.15) is 24.5 Å². The van der Waals surface area contributed by atoms with Gasteiger partial charge in [0.15, 0.2) is 6.61 Å². The minimum absolute atomic E-state index is 0.133. The summed E-state index contributed by atoms with van der Waals surface area (Å²) in [4.78, 5) is 39.6. The zero-order chi connectivity index (χ0) is 20.8. The number of carbonyl (C=O) groups is 3. The fourth-order valence-electron chi connectivity index (χ4n) is 3.07. The summed E-state index contributed by atoms with van der Waals surface area (Å²) in [5.41, 5.74) is 4.21. The van der Waals surface area contributed by atoms with E-state index in [2.05, 4.69) is 21.7 Å². The van der Waals surface area contributed by atoms with Crippen molar-refractivity contribution in [1.29, 1.82) is 0 Å². The molecule has 3 aromatic rings. The Balaban J connectivity index is 1.66. The maximum atomic E-state index is 12.1. The zero-order valence-corrected chi connectivity index (χ0v) is 17.2. The van der Waals surface area contributed by atoms with E-state index in [0.717, 1.165) is 32.6 Å². The second-order valence-corrected chi connectivity index (χ2v) is 7.52. The van der Waals surface area contributed by atoms with E-state index in [9.17, 15) is 14.4 Å². The van der Waals surface area contributed by atoms with Crippen LogP contribution in [-0.2, 0) is 20.7 Å². The number of hydrogen-bond acceptors (Lipinski definition) is 5. The van der Waals surface area contributed by atoms with E-state index in [1.165, 1.54) is 0 Å². The van der Waals surface area contributed by atoms with Crippen molar-refractivity contribution >= 4 is 40.1 Å². The van der Waals surface area contributed by atoms with Gasteiger partial charge in [-0.05, 0) is 49.4 Å². The van der Waals surface area contributed by atoms with E-state index in [0.29, 0.717) is 13.0 Å². The molecule has 0 atom stereocenters. The van der Waals surface area contributed by atoms with Crippen LogP contribution in [0.15, 0.2) is 35.7 Å². The SMILES string of the molecule is CCNC(=O)NC(=O)COC(=O)CCc1c(-c2cccs2)[nH]c2ccc(C)cc12. The first-order valence-electron chi connectivity index (χ1n) is 9.36. The van der Waals surface area contributed by atoms with E-state index in [4.69, 9.17) is 4.74 Å². The molecule has 152 valence electrons. The Morgan fingerprint density at radius 1 is 1.21 bits per heavy atom. The van der Waals surface area contributed by atoms with Gasteiger partial charge < -0.3 is 15.0 Å². The van der Waals surface area contributed by atoms with Crippen LogP contribution >= 0.6 is 11.3 Å². The van der Waals surface area contributed by atoms with Crippen molar-refractivity contribution < 1.29 is 19.1 Å². The summed E-state index contributed by atoms with van der Waals surface area (Å²) in [5, 5.41) is 7.62. The van der Waals surface area contributed by atoms with Crippen molar-refractivity contribution in [2.45, 2.75) is 26.7 Å². The Morgan fingerprint density at radius 3 is 2.76 bits per heavy atom. The molecule has 2 aromatic heterocycles. The summed E-state index contributed by atoms with van der Waals surface area (Å²) in [5.74, 6) is -1.15. The lowest BCUT2D eigenvalue weighted by molar-refractivity contribution is -0.148. The van der Waals surface area contributed by atoms with E-state index in [-0.39, 0.29) is 6.42 Å². The average Bonchev–Trinajstić information content (AvgIpc) is 3.32. The number of amides is 3. The van der Waals surface area contributed by atoms with Gasteiger partial charge >= 0.3 is 12.0 Å². The van der Waals surface area contributed by atoms with E-state index in [1.807, 2.05) is 36.6 Å². The summed E-state index contributed by atoms with van der Waals surface area (Å²) in [6, 6.07) is 9.60. The Hall–Kier alpha value is -3.13. The number of imide groups is 1. The second kappa shape index (κ2) is 9.38. The minimum Gasteiger partial charge on any atom is -0.456 e. The molecule has 0 saturated carbocycles. The summed E-state index contributed by atoms with van der Waals surface area (Å²) >= 11 is 1.63. The van der Waals surface area contributed by atoms with Gasteiger partial charge in [0.25, 0.3) is 5.91 Å². The molecule has 7 nitrogen and oxygen atoms in total. The first-order valence-corrected chi connectivity index (χ1v) is 10.2. The van der Waals surface area contributed by atoms with Crippen LogP contribution in [0.4, 0.5) is 4.79 Å². The van der Waals surface area contributed by atoms with Gasteiger partial charge in [0.2, 0.25) is 0 Å². The van der Waals surface area contributed by atoms with E-state index < -0.39 is 24.5 Å². The highest BCUT2D eigenvalue weighted by atomic mass is 32.1. The maximum absolute atomic E-state index is 12.1. The van der Waals surface area contributed by atoms with Crippen LogP contribution < -0.4 is 10.6 Å². The molecule has 8 heteroatoms. The molecule has 0 fully saturated rings. The predicted octanol–water partition coefficient (Wildman–Crippen LogP) is 3.53. The quantitative estimate of drug-likeness (QED) is 0.516. The van der Waals surface area contributed by atoms with Gasteiger partial charge in [0, 0.05) is 23.9 Å². The summed E-state index contributed by atoms with van der Waals surface area (Å²) in [7, 11) is 0. The summed E-state index contributed by atoms with van der Waals surface area (Å²) in [6.07, 6.45) is 0.612. The monoisotopic (exact) mass is 413 g/mol. The first-order chi connectivity index (χ1) is 14.0. The van der Waals surface area contributed by atoms with Crippen LogP contribution in [0.2, 0.25) is 0 Å². The Kier molecular flexibility index (Phi) is 6.66. The molecule has 1 aromatic carbocycles. The van der Waals surface area contributed by atoms with Gasteiger partial charge in [-0.3, -0.25) is 14.9 Å². The molecule has 0 saturated heterocycles. The van der Waals surface area contributed by atoms with Crippen LogP contribution in [0.25, 0.3) is 21.5 Å². The third kappa shape index (κ3) is 5.23. The van der Waals surface area contributed by atoms with Crippen molar-refractivity contribution in [2.75, 3.05) is 13.2 Å². The van der Waals surface area contributed by atoms with E-state index in [1.54, 1.807) is 18.3 Å². The number of hydrogen-bond donors (Lipinski definition) is 3. The van der Waals surface area contributed by atoms with Gasteiger partial charge in [-0.25, -0.2) is 4.79 Å². The number of fused-ring (bicyclic) bond motifs is 1. The highest BCUT2D eigenvalue weighted by Crippen LogP contribution is 2.34.